The summed E-state index contributed by atoms with van der Waals surface area (Å²) in [6.07, 6.45) is 2.50. The largest absolute Gasteiger partial charge is 0.466 e. The Hall–Kier alpha value is -0.570. The Morgan fingerprint density at radius 3 is 2.73 bits per heavy atom. The van der Waals surface area contributed by atoms with Gasteiger partial charge >= 0.3 is 5.97 Å². The predicted octanol–water partition coefficient (Wildman–Crippen LogP) is 0.939. The Bertz CT molecular complexity index is 104. The third kappa shape index (κ3) is 7.33. The molecule has 0 fully saturated rings. The van der Waals surface area contributed by atoms with Crippen LogP contribution in [0, 0.1) is 0 Å². The first-order valence-electron chi connectivity index (χ1n) is 4.11. The second-order valence-electron chi connectivity index (χ2n) is 2.37. The smallest absolute Gasteiger partial charge is 0.305 e. The Balaban J connectivity index is 3.04. The van der Waals surface area contributed by atoms with Crippen molar-refractivity contribution >= 4 is 5.97 Å². The first kappa shape index (κ1) is 10.4. The molecule has 66 valence electrons. The lowest BCUT2D eigenvalue weighted by molar-refractivity contribution is -0.143. The van der Waals surface area contributed by atoms with E-state index in [1.165, 1.54) is 0 Å². The molecule has 0 saturated carbocycles. The summed E-state index contributed by atoms with van der Waals surface area (Å²) in [6.45, 7) is 3.29. The molecular formula is C8H17NO2. The molecule has 1 N–H and O–H groups in total. The molecule has 0 aromatic rings. The van der Waals surface area contributed by atoms with Crippen molar-refractivity contribution in [3.63, 3.8) is 0 Å². The minimum absolute atomic E-state index is 0.0800. The van der Waals surface area contributed by atoms with Crippen LogP contribution in [0.25, 0.3) is 0 Å². The standard InChI is InChI=1S/C8H17NO2/c1-3-11-8(10)6-4-5-7-9-2/h9H,3-7H2,1-2H3. The normalized spacial score (nSPS) is 9.64. The molecule has 0 aliphatic heterocycles. The van der Waals surface area contributed by atoms with E-state index in [-0.39, 0.29) is 5.97 Å². The minimum Gasteiger partial charge on any atom is -0.466 e. The molecule has 0 unspecified atom stereocenters. The van der Waals surface area contributed by atoms with Crippen molar-refractivity contribution in [2.45, 2.75) is 26.2 Å². The Morgan fingerprint density at radius 2 is 2.18 bits per heavy atom. The third-order valence-corrected chi connectivity index (χ3v) is 1.36. The maximum atomic E-state index is 10.8. The maximum Gasteiger partial charge on any atom is 0.305 e. The van der Waals surface area contributed by atoms with Gasteiger partial charge in [0.15, 0.2) is 0 Å². The molecule has 0 spiro atoms. The molecule has 0 aromatic heterocycles. The van der Waals surface area contributed by atoms with Gasteiger partial charge < -0.3 is 10.1 Å². The van der Waals surface area contributed by atoms with E-state index in [0.717, 1.165) is 19.4 Å². The van der Waals surface area contributed by atoms with Crippen LogP contribution in [0.4, 0.5) is 0 Å². The van der Waals surface area contributed by atoms with Crippen molar-refractivity contribution in [2.24, 2.45) is 0 Å². The second kappa shape index (κ2) is 7.54. The van der Waals surface area contributed by atoms with Crippen molar-refractivity contribution in [3.8, 4) is 0 Å². The first-order valence-corrected chi connectivity index (χ1v) is 4.11. The van der Waals surface area contributed by atoms with Crippen LogP contribution in [0.1, 0.15) is 26.2 Å². The summed E-state index contributed by atoms with van der Waals surface area (Å²) in [5.41, 5.74) is 0. The average Bonchev–Trinajstić information content (AvgIpc) is 1.99. The molecule has 0 atom stereocenters. The van der Waals surface area contributed by atoms with Gasteiger partial charge in [0.05, 0.1) is 6.61 Å². The van der Waals surface area contributed by atoms with Crippen molar-refractivity contribution in [1.29, 1.82) is 0 Å². The van der Waals surface area contributed by atoms with Crippen LogP contribution in [0.5, 0.6) is 0 Å². The lowest BCUT2D eigenvalue weighted by Crippen LogP contribution is -2.09. The van der Waals surface area contributed by atoms with Gasteiger partial charge in [-0.15, -0.1) is 0 Å². The van der Waals surface area contributed by atoms with Crippen LogP contribution in [-0.2, 0) is 9.53 Å². The number of unbranched alkanes of at least 4 members (excludes halogenated alkanes) is 1. The zero-order valence-corrected chi connectivity index (χ0v) is 7.35. The number of hydrogen-bond donors (Lipinski definition) is 1. The van der Waals surface area contributed by atoms with Gasteiger partial charge in [0, 0.05) is 6.42 Å². The molecule has 0 heterocycles. The van der Waals surface area contributed by atoms with Crippen LogP contribution in [0.15, 0.2) is 0 Å². The average molecular weight is 159 g/mol. The number of esters is 1. The highest BCUT2D eigenvalue weighted by molar-refractivity contribution is 5.69. The fourth-order valence-corrected chi connectivity index (χ4v) is 0.804. The van der Waals surface area contributed by atoms with E-state index >= 15 is 0 Å². The van der Waals surface area contributed by atoms with Gasteiger partial charge in [0.2, 0.25) is 0 Å². The second-order valence-corrected chi connectivity index (χ2v) is 2.37. The zero-order chi connectivity index (χ0) is 8.53. The van der Waals surface area contributed by atoms with Gasteiger partial charge in [0.25, 0.3) is 0 Å². The van der Waals surface area contributed by atoms with Gasteiger partial charge in [0.1, 0.15) is 0 Å². The molecule has 0 amide bonds. The fraction of sp³-hybridized carbons (Fsp3) is 0.875. The van der Waals surface area contributed by atoms with Crippen molar-refractivity contribution in [1.82, 2.24) is 5.32 Å². The van der Waals surface area contributed by atoms with E-state index in [0.29, 0.717) is 13.0 Å². The van der Waals surface area contributed by atoms with E-state index in [1.54, 1.807) is 0 Å². The molecular weight excluding hydrogens is 142 g/mol. The monoisotopic (exact) mass is 159 g/mol. The van der Waals surface area contributed by atoms with Gasteiger partial charge in [-0.3, -0.25) is 4.79 Å². The summed E-state index contributed by atoms with van der Waals surface area (Å²) in [6, 6.07) is 0. The van der Waals surface area contributed by atoms with Crippen LogP contribution >= 0.6 is 0 Å². The molecule has 0 aromatic carbocycles. The number of carbonyl (C=O) groups excluding carboxylic acids is 1. The van der Waals surface area contributed by atoms with Crippen molar-refractivity contribution < 1.29 is 9.53 Å². The molecule has 0 bridgehead atoms. The molecule has 3 heteroatoms. The molecule has 3 nitrogen and oxygen atoms in total. The number of rotatable bonds is 6. The number of hydrogen-bond acceptors (Lipinski definition) is 3. The van der Waals surface area contributed by atoms with Crippen LogP contribution < -0.4 is 5.32 Å². The zero-order valence-electron chi connectivity index (χ0n) is 7.35. The topological polar surface area (TPSA) is 38.3 Å². The van der Waals surface area contributed by atoms with Crippen molar-refractivity contribution in [3.05, 3.63) is 0 Å². The highest BCUT2D eigenvalue weighted by Gasteiger charge is 1.99. The third-order valence-electron chi connectivity index (χ3n) is 1.36. The van der Waals surface area contributed by atoms with Crippen LogP contribution in [-0.4, -0.2) is 26.2 Å². The quantitative estimate of drug-likeness (QED) is 0.463. The van der Waals surface area contributed by atoms with E-state index in [4.69, 9.17) is 4.74 Å². The summed E-state index contributed by atoms with van der Waals surface area (Å²) in [4.78, 5) is 10.8. The van der Waals surface area contributed by atoms with E-state index < -0.39 is 0 Å². The lowest BCUT2D eigenvalue weighted by Gasteiger charge is -2.00. The lowest BCUT2D eigenvalue weighted by atomic mass is 10.2. The highest BCUT2D eigenvalue weighted by atomic mass is 16.5. The molecule has 0 aliphatic carbocycles. The van der Waals surface area contributed by atoms with E-state index in [9.17, 15) is 4.79 Å². The van der Waals surface area contributed by atoms with Crippen LogP contribution in [0.2, 0.25) is 0 Å². The first-order chi connectivity index (χ1) is 5.31. The minimum atomic E-state index is -0.0800. The highest BCUT2D eigenvalue weighted by Crippen LogP contribution is 1.95. The van der Waals surface area contributed by atoms with Gasteiger partial charge in [-0.1, -0.05) is 0 Å². The Kier molecular flexibility index (Phi) is 7.15. The van der Waals surface area contributed by atoms with Gasteiger partial charge in [-0.05, 0) is 33.4 Å². The Morgan fingerprint density at radius 1 is 1.45 bits per heavy atom. The van der Waals surface area contributed by atoms with Crippen molar-refractivity contribution in [2.75, 3.05) is 20.2 Å². The summed E-state index contributed by atoms with van der Waals surface area (Å²) in [5.74, 6) is -0.0800. The Labute approximate surface area is 68.1 Å². The summed E-state index contributed by atoms with van der Waals surface area (Å²) < 4.78 is 4.76. The number of carbonyl (C=O) groups is 1. The summed E-state index contributed by atoms with van der Waals surface area (Å²) >= 11 is 0. The predicted molar refractivity (Wildman–Crippen MR) is 44.4 cm³/mol. The fourth-order valence-electron chi connectivity index (χ4n) is 0.804. The molecule has 0 aliphatic rings. The SMILES string of the molecule is CCOC(=O)CCCCNC. The van der Waals surface area contributed by atoms with Crippen LogP contribution in [0.3, 0.4) is 0 Å². The van der Waals surface area contributed by atoms with E-state index in [1.807, 2.05) is 14.0 Å². The molecule has 0 radical (unpaired) electrons. The molecule has 0 rings (SSSR count). The maximum absolute atomic E-state index is 10.8. The van der Waals surface area contributed by atoms with E-state index in [2.05, 4.69) is 5.32 Å². The molecule has 11 heavy (non-hydrogen) atoms. The molecule has 0 saturated heterocycles. The number of ether oxygens (including phenoxy) is 1. The summed E-state index contributed by atoms with van der Waals surface area (Å²) in [7, 11) is 1.91. The summed E-state index contributed by atoms with van der Waals surface area (Å²) in [5, 5.41) is 3.02. The van der Waals surface area contributed by atoms with Gasteiger partial charge in [-0.25, -0.2) is 0 Å². The van der Waals surface area contributed by atoms with Gasteiger partial charge in [-0.2, -0.15) is 0 Å². The number of nitrogens with one attached hydrogen (secondary N) is 1.